The molecule has 1 aliphatic carbocycles. The van der Waals surface area contributed by atoms with Crippen LogP contribution in [-0.4, -0.2) is 11.9 Å². The molecule has 4 nitrogen and oxygen atoms in total. The highest BCUT2D eigenvalue weighted by atomic mass is 16.2. The number of urea groups is 1. The van der Waals surface area contributed by atoms with Gasteiger partial charge in [0, 0.05) is 11.6 Å². The first kappa shape index (κ1) is 12.6. The SMILES string of the molecule is CCc1cccc(C)c1NC(=O)NC(=O)C1CC1. The summed E-state index contributed by atoms with van der Waals surface area (Å²) in [5.41, 5.74) is 2.88. The van der Waals surface area contributed by atoms with Crippen molar-refractivity contribution in [2.75, 3.05) is 5.32 Å². The Hall–Kier alpha value is -1.84. The number of hydrogen-bond acceptors (Lipinski definition) is 2. The van der Waals surface area contributed by atoms with Crippen LogP contribution >= 0.6 is 0 Å². The zero-order valence-electron chi connectivity index (χ0n) is 10.7. The van der Waals surface area contributed by atoms with Crippen LogP contribution in [0.5, 0.6) is 0 Å². The summed E-state index contributed by atoms with van der Waals surface area (Å²) in [7, 11) is 0. The lowest BCUT2D eigenvalue weighted by molar-refractivity contribution is -0.121. The summed E-state index contributed by atoms with van der Waals surface area (Å²) in [6.45, 7) is 3.98. The molecule has 0 aliphatic heterocycles. The molecule has 0 saturated heterocycles. The van der Waals surface area contributed by atoms with E-state index < -0.39 is 6.03 Å². The van der Waals surface area contributed by atoms with Crippen molar-refractivity contribution >= 4 is 17.6 Å². The van der Waals surface area contributed by atoms with Gasteiger partial charge in [-0.3, -0.25) is 10.1 Å². The van der Waals surface area contributed by atoms with Crippen LogP contribution in [0.3, 0.4) is 0 Å². The number of imide groups is 1. The number of para-hydroxylation sites is 1. The quantitative estimate of drug-likeness (QED) is 0.861. The molecule has 1 aromatic rings. The lowest BCUT2D eigenvalue weighted by atomic mass is 10.1. The predicted octanol–water partition coefficient (Wildman–Crippen LogP) is 2.62. The van der Waals surface area contributed by atoms with Gasteiger partial charge in [-0.2, -0.15) is 0 Å². The van der Waals surface area contributed by atoms with E-state index in [1.807, 2.05) is 32.0 Å². The molecule has 2 rings (SSSR count). The van der Waals surface area contributed by atoms with Gasteiger partial charge in [0.1, 0.15) is 0 Å². The molecular weight excluding hydrogens is 228 g/mol. The predicted molar refractivity (Wildman–Crippen MR) is 70.4 cm³/mol. The summed E-state index contributed by atoms with van der Waals surface area (Å²) in [5.74, 6) is -0.127. The Morgan fingerprint density at radius 2 is 2.06 bits per heavy atom. The zero-order valence-corrected chi connectivity index (χ0v) is 10.7. The maximum absolute atomic E-state index is 11.7. The van der Waals surface area contributed by atoms with Gasteiger partial charge in [0.2, 0.25) is 5.91 Å². The van der Waals surface area contributed by atoms with Gasteiger partial charge in [0.05, 0.1) is 0 Å². The lowest BCUT2D eigenvalue weighted by Gasteiger charge is -2.13. The maximum atomic E-state index is 11.7. The van der Waals surface area contributed by atoms with Gasteiger partial charge in [-0.05, 0) is 37.3 Å². The van der Waals surface area contributed by atoms with Crippen LogP contribution in [0, 0.1) is 12.8 Å². The minimum Gasteiger partial charge on any atom is -0.307 e. The molecule has 96 valence electrons. The first-order valence-electron chi connectivity index (χ1n) is 6.32. The second-order valence-electron chi connectivity index (χ2n) is 4.68. The zero-order chi connectivity index (χ0) is 13.1. The molecular formula is C14H18N2O2. The number of rotatable bonds is 3. The second kappa shape index (κ2) is 5.21. The number of benzene rings is 1. The Labute approximate surface area is 107 Å². The van der Waals surface area contributed by atoms with Crippen LogP contribution in [-0.2, 0) is 11.2 Å². The number of anilines is 1. The third kappa shape index (κ3) is 2.88. The Kier molecular flexibility index (Phi) is 3.65. The summed E-state index contributed by atoms with van der Waals surface area (Å²) < 4.78 is 0. The van der Waals surface area contributed by atoms with Crippen LogP contribution in [0.15, 0.2) is 18.2 Å². The molecule has 4 heteroatoms. The summed E-state index contributed by atoms with van der Waals surface area (Å²) >= 11 is 0. The molecule has 1 aromatic carbocycles. The highest BCUT2D eigenvalue weighted by molar-refractivity contribution is 6.03. The van der Waals surface area contributed by atoms with E-state index in [1.54, 1.807) is 0 Å². The van der Waals surface area contributed by atoms with E-state index >= 15 is 0 Å². The smallest absolute Gasteiger partial charge is 0.307 e. The minimum atomic E-state index is -0.434. The van der Waals surface area contributed by atoms with E-state index in [4.69, 9.17) is 0 Å². The van der Waals surface area contributed by atoms with Crippen LogP contribution < -0.4 is 10.6 Å². The van der Waals surface area contributed by atoms with E-state index in [0.29, 0.717) is 0 Å². The molecule has 0 heterocycles. The third-order valence-electron chi connectivity index (χ3n) is 3.16. The molecule has 1 fully saturated rings. The highest BCUT2D eigenvalue weighted by Crippen LogP contribution is 2.28. The third-order valence-corrected chi connectivity index (χ3v) is 3.16. The highest BCUT2D eigenvalue weighted by Gasteiger charge is 2.30. The average molecular weight is 246 g/mol. The molecule has 2 N–H and O–H groups in total. The van der Waals surface area contributed by atoms with Crippen LogP contribution in [0.1, 0.15) is 30.9 Å². The molecule has 0 radical (unpaired) electrons. The summed E-state index contributed by atoms with van der Waals surface area (Å²) in [4.78, 5) is 23.2. The molecule has 0 spiro atoms. The van der Waals surface area contributed by atoms with Gasteiger partial charge >= 0.3 is 6.03 Å². The van der Waals surface area contributed by atoms with E-state index in [-0.39, 0.29) is 11.8 Å². The summed E-state index contributed by atoms with van der Waals surface area (Å²) in [6, 6.07) is 5.45. The number of carbonyl (C=O) groups is 2. The molecule has 0 unspecified atom stereocenters. The molecule has 1 aliphatic rings. The van der Waals surface area contributed by atoms with Crippen LogP contribution in [0.4, 0.5) is 10.5 Å². The van der Waals surface area contributed by atoms with Gasteiger partial charge in [-0.1, -0.05) is 25.1 Å². The standard InChI is InChI=1S/C14H18N2O2/c1-3-10-6-4-5-9(2)12(10)15-14(18)16-13(17)11-7-8-11/h4-6,11H,3,7-8H2,1-2H3,(H2,15,16,17,18). The molecule has 0 aromatic heterocycles. The van der Waals surface area contributed by atoms with Crippen LogP contribution in [0.2, 0.25) is 0 Å². The maximum Gasteiger partial charge on any atom is 0.325 e. The van der Waals surface area contributed by atoms with Crippen molar-refractivity contribution in [3.63, 3.8) is 0 Å². The van der Waals surface area contributed by atoms with Crippen molar-refractivity contribution in [2.45, 2.75) is 33.1 Å². The van der Waals surface area contributed by atoms with Gasteiger partial charge < -0.3 is 5.32 Å². The Balaban J connectivity index is 2.03. The van der Waals surface area contributed by atoms with Crippen molar-refractivity contribution < 1.29 is 9.59 Å². The normalized spacial score (nSPS) is 14.1. The van der Waals surface area contributed by atoms with E-state index in [2.05, 4.69) is 10.6 Å². The molecule has 1 saturated carbocycles. The van der Waals surface area contributed by atoms with Crippen molar-refractivity contribution in [1.29, 1.82) is 0 Å². The number of amides is 3. The van der Waals surface area contributed by atoms with Crippen molar-refractivity contribution in [3.8, 4) is 0 Å². The number of aryl methyl sites for hydroxylation is 2. The van der Waals surface area contributed by atoms with Gasteiger partial charge in [-0.15, -0.1) is 0 Å². The fraction of sp³-hybridized carbons (Fsp3) is 0.429. The topological polar surface area (TPSA) is 58.2 Å². The Morgan fingerprint density at radius 1 is 1.33 bits per heavy atom. The lowest BCUT2D eigenvalue weighted by Crippen LogP contribution is -2.35. The van der Waals surface area contributed by atoms with Crippen molar-refractivity contribution in [2.24, 2.45) is 5.92 Å². The largest absolute Gasteiger partial charge is 0.325 e. The number of carbonyl (C=O) groups excluding carboxylic acids is 2. The average Bonchev–Trinajstić information content (AvgIpc) is 3.15. The Morgan fingerprint density at radius 3 is 2.67 bits per heavy atom. The summed E-state index contributed by atoms with van der Waals surface area (Å²) in [5, 5.41) is 5.15. The molecule has 0 bridgehead atoms. The second-order valence-corrected chi connectivity index (χ2v) is 4.68. The van der Waals surface area contributed by atoms with Gasteiger partial charge in [0.25, 0.3) is 0 Å². The first-order chi connectivity index (χ1) is 8.61. The summed E-state index contributed by atoms with van der Waals surface area (Å²) in [6.07, 6.45) is 2.63. The first-order valence-corrected chi connectivity index (χ1v) is 6.32. The van der Waals surface area contributed by atoms with Gasteiger partial charge in [0.15, 0.2) is 0 Å². The fourth-order valence-electron chi connectivity index (χ4n) is 1.91. The fourth-order valence-corrected chi connectivity index (χ4v) is 1.91. The van der Waals surface area contributed by atoms with Crippen molar-refractivity contribution in [1.82, 2.24) is 5.32 Å². The number of nitrogens with one attached hydrogen (secondary N) is 2. The van der Waals surface area contributed by atoms with E-state index in [9.17, 15) is 9.59 Å². The molecule has 18 heavy (non-hydrogen) atoms. The van der Waals surface area contributed by atoms with E-state index in [1.165, 1.54) is 0 Å². The van der Waals surface area contributed by atoms with E-state index in [0.717, 1.165) is 36.1 Å². The monoisotopic (exact) mass is 246 g/mol. The molecule has 0 atom stereocenters. The minimum absolute atomic E-state index is 0.0401. The number of hydrogen-bond donors (Lipinski definition) is 2. The Bertz CT molecular complexity index is 479. The van der Waals surface area contributed by atoms with Crippen molar-refractivity contribution in [3.05, 3.63) is 29.3 Å². The molecule has 3 amide bonds. The van der Waals surface area contributed by atoms with Gasteiger partial charge in [-0.25, -0.2) is 4.79 Å². The van der Waals surface area contributed by atoms with Crippen LogP contribution in [0.25, 0.3) is 0 Å².